The summed E-state index contributed by atoms with van der Waals surface area (Å²) in [6, 6.07) is 0. The fraction of sp³-hybridized carbons (Fsp3) is 0.750. The lowest BCUT2D eigenvalue weighted by Gasteiger charge is -2.21. The van der Waals surface area contributed by atoms with Crippen molar-refractivity contribution in [2.45, 2.75) is 39.3 Å². The van der Waals surface area contributed by atoms with Crippen molar-refractivity contribution in [3.05, 3.63) is 11.3 Å². The first-order valence-electron chi connectivity index (χ1n) is 5.91. The van der Waals surface area contributed by atoms with E-state index < -0.39 is 5.60 Å². The second-order valence-electron chi connectivity index (χ2n) is 4.65. The van der Waals surface area contributed by atoms with Gasteiger partial charge < -0.3 is 15.2 Å². The van der Waals surface area contributed by atoms with E-state index in [2.05, 4.69) is 10.4 Å². The van der Waals surface area contributed by atoms with Crippen molar-refractivity contribution in [2.24, 2.45) is 7.05 Å². The number of nitrogens with zero attached hydrogens (tertiary/aromatic N) is 2. The maximum Gasteiger partial charge on any atom is 0.216 e. The second-order valence-corrected chi connectivity index (χ2v) is 4.65. The van der Waals surface area contributed by atoms with Gasteiger partial charge >= 0.3 is 0 Å². The van der Waals surface area contributed by atoms with Crippen LogP contribution in [0.2, 0.25) is 0 Å². The van der Waals surface area contributed by atoms with Gasteiger partial charge in [0.2, 0.25) is 5.88 Å². The average molecular weight is 241 g/mol. The molecule has 0 spiro atoms. The number of ether oxygens (including phenoxy) is 1. The van der Waals surface area contributed by atoms with Crippen molar-refractivity contribution >= 4 is 0 Å². The summed E-state index contributed by atoms with van der Waals surface area (Å²) < 4.78 is 7.03. The molecule has 0 aliphatic carbocycles. The summed E-state index contributed by atoms with van der Waals surface area (Å²) in [7, 11) is 3.50. The molecule has 98 valence electrons. The van der Waals surface area contributed by atoms with Crippen molar-refractivity contribution in [1.82, 2.24) is 15.1 Å². The van der Waals surface area contributed by atoms with Gasteiger partial charge in [-0.2, -0.15) is 5.10 Å². The maximum absolute atomic E-state index is 9.89. The number of aromatic nitrogens is 2. The molecule has 1 heterocycles. The lowest BCUT2D eigenvalue weighted by molar-refractivity contribution is 0.0555. The molecule has 0 aliphatic heterocycles. The molecule has 0 saturated heterocycles. The first-order chi connectivity index (χ1) is 7.91. The van der Waals surface area contributed by atoms with Gasteiger partial charge in [-0.3, -0.25) is 0 Å². The van der Waals surface area contributed by atoms with Crippen LogP contribution in [-0.4, -0.2) is 34.1 Å². The standard InChI is InChI=1S/C12H23N3O2/c1-6-12(3,16)8-13-7-10-9(2)14-15(4)11(10)17-5/h13,16H,6-8H2,1-5H3. The summed E-state index contributed by atoms with van der Waals surface area (Å²) in [4.78, 5) is 0. The fourth-order valence-corrected chi connectivity index (χ4v) is 1.72. The third-order valence-electron chi connectivity index (χ3n) is 3.05. The highest BCUT2D eigenvalue weighted by atomic mass is 16.5. The van der Waals surface area contributed by atoms with Crippen LogP contribution in [0.5, 0.6) is 5.88 Å². The summed E-state index contributed by atoms with van der Waals surface area (Å²) in [5.41, 5.74) is 1.33. The Kier molecular flexibility index (Phi) is 4.54. The first kappa shape index (κ1) is 14.0. The largest absolute Gasteiger partial charge is 0.481 e. The molecule has 5 nitrogen and oxygen atoms in total. The molecule has 0 bridgehead atoms. The van der Waals surface area contributed by atoms with Crippen molar-refractivity contribution < 1.29 is 9.84 Å². The highest BCUT2D eigenvalue weighted by molar-refractivity contribution is 5.30. The van der Waals surface area contributed by atoms with E-state index in [1.807, 2.05) is 27.8 Å². The van der Waals surface area contributed by atoms with Crippen LogP contribution in [0, 0.1) is 6.92 Å². The van der Waals surface area contributed by atoms with E-state index in [4.69, 9.17) is 4.74 Å². The normalized spacial score (nSPS) is 14.7. The summed E-state index contributed by atoms with van der Waals surface area (Å²) >= 11 is 0. The van der Waals surface area contributed by atoms with Gasteiger partial charge in [0.05, 0.1) is 24.0 Å². The van der Waals surface area contributed by atoms with Crippen molar-refractivity contribution in [1.29, 1.82) is 0 Å². The Morgan fingerprint density at radius 2 is 2.18 bits per heavy atom. The van der Waals surface area contributed by atoms with Crippen LogP contribution in [-0.2, 0) is 13.6 Å². The quantitative estimate of drug-likeness (QED) is 0.779. The molecule has 17 heavy (non-hydrogen) atoms. The van der Waals surface area contributed by atoms with Crippen LogP contribution in [0.1, 0.15) is 31.5 Å². The minimum absolute atomic E-state index is 0.557. The number of aliphatic hydroxyl groups is 1. The maximum atomic E-state index is 9.89. The zero-order valence-corrected chi connectivity index (χ0v) is 11.4. The fourth-order valence-electron chi connectivity index (χ4n) is 1.72. The van der Waals surface area contributed by atoms with E-state index >= 15 is 0 Å². The molecule has 0 amide bonds. The Balaban J connectivity index is 2.63. The second kappa shape index (κ2) is 5.51. The number of aryl methyl sites for hydroxylation is 2. The van der Waals surface area contributed by atoms with E-state index in [-0.39, 0.29) is 0 Å². The lowest BCUT2D eigenvalue weighted by atomic mass is 10.0. The Morgan fingerprint density at radius 1 is 1.53 bits per heavy atom. The van der Waals surface area contributed by atoms with E-state index in [1.165, 1.54) is 0 Å². The predicted molar refractivity (Wildman–Crippen MR) is 67.1 cm³/mol. The van der Waals surface area contributed by atoms with E-state index in [1.54, 1.807) is 11.8 Å². The highest BCUT2D eigenvalue weighted by Gasteiger charge is 2.18. The third kappa shape index (κ3) is 3.44. The molecule has 1 aromatic rings. The molecule has 0 aromatic carbocycles. The number of methoxy groups -OCH3 is 1. The number of rotatable bonds is 6. The molecule has 1 rings (SSSR count). The minimum atomic E-state index is -0.663. The Bertz CT molecular complexity index is 372. The van der Waals surface area contributed by atoms with E-state index in [0.29, 0.717) is 13.1 Å². The zero-order valence-electron chi connectivity index (χ0n) is 11.4. The minimum Gasteiger partial charge on any atom is -0.481 e. The molecule has 0 aliphatic rings. The molecule has 1 atom stereocenters. The van der Waals surface area contributed by atoms with E-state index in [0.717, 1.165) is 23.6 Å². The number of hydrogen-bond donors (Lipinski definition) is 2. The van der Waals surface area contributed by atoms with Gasteiger partial charge in [0.1, 0.15) is 0 Å². The topological polar surface area (TPSA) is 59.3 Å². The van der Waals surface area contributed by atoms with Crippen LogP contribution in [0.4, 0.5) is 0 Å². The predicted octanol–water partition coefficient (Wildman–Crippen LogP) is 0.988. The number of nitrogens with one attached hydrogen (secondary N) is 1. The van der Waals surface area contributed by atoms with Crippen LogP contribution in [0.25, 0.3) is 0 Å². The SMILES string of the molecule is CCC(C)(O)CNCc1c(C)nn(C)c1OC. The van der Waals surface area contributed by atoms with Crippen LogP contribution in [0.3, 0.4) is 0 Å². The third-order valence-corrected chi connectivity index (χ3v) is 3.05. The lowest BCUT2D eigenvalue weighted by Crippen LogP contribution is -2.36. The van der Waals surface area contributed by atoms with Gasteiger partial charge in [-0.15, -0.1) is 0 Å². The van der Waals surface area contributed by atoms with Crippen LogP contribution < -0.4 is 10.1 Å². The molecule has 0 fully saturated rings. The Labute approximate surface area is 103 Å². The molecule has 0 saturated carbocycles. The summed E-state index contributed by atoms with van der Waals surface area (Å²) in [6.45, 7) is 6.96. The van der Waals surface area contributed by atoms with Crippen LogP contribution >= 0.6 is 0 Å². The van der Waals surface area contributed by atoms with Crippen LogP contribution in [0.15, 0.2) is 0 Å². The molecule has 1 unspecified atom stereocenters. The highest BCUT2D eigenvalue weighted by Crippen LogP contribution is 2.20. The van der Waals surface area contributed by atoms with E-state index in [9.17, 15) is 5.11 Å². The van der Waals surface area contributed by atoms with Gasteiger partial charge in [-0.05, 0) is 20.3 Å². The smallest absolute Gasteiger partial charge is 0.216 e. The monoisotopic (exact) mass is 241 g/mol. The number of hydrogen-bond acceptors (Lipinski definition) is 4. The molecular formula is C12H23N3O2. The van der Waals surface area contributed by atoms with Gasteiger partial charge in [0.25, 0.3) is 0 Å². The molecule has 2 N–H and O–H groups in total. The van der Waals surface area contributed by atoms with Gasteiger partial charge in [-0.1, -0.05) is 6.92 Å². The molecule has 0 radical (unpaired) electrons. The van der Waals surface area contributed by atoms with Crippen molar-refractivity contribution in [2.75, 3.05) is 13.7 Å². The first-order valence-corrected chi connectivity index (χ1v) is 5.91. The zero-order chi connectivity index (χ0) is 13.1. The summed E-state index contributed by atoms with van der Waals surface area (Å²) in [5.74, 6) is 0.770. The summed E-state index contributed by atoms with van der Waals surface area (Å²) in [5, 5.41) is 17.4. The molecule has 5 heteroatoms. The van der Waals surface area contributed by atoms with Crippen molar-refractivity contribution in [3.63, 3.8) is 0 Å². The van der Waals surface area contributed by atoms with Gasteiger partial charge in [-0.25, -0.2) is 4.68 Å². The molecule has 1 aromatic heterocycles. The van der Waals surface area contributed by atoms with Gasteiger partial charge in [0, 0.05) is 20.1 Å². The van der Waals surface area contributed by atoms with Crippen molar-refractivity contribution in [3.8, 4) is 5.88 Å². The Hall–Kier alpha value is -1.07. The summed E-state index contributed by atoms with van der Waals surface area (Å²) in [6.07, 6.45) is 0.725. The Morgan fingerprint density at radius 3 is 2.71 bits per heavy atom. The van der Waals surface area contributed by atoms with Gasteiger partial charge in [0.15, 0.2) is 0 Å². The molecular weight excluding hydrogens is 218 g/mol. The average Bonchev–Trinajstić information content (AvgIpc) is 2.53.